The molecule has 0 radical (unpaired) electrons. The monoisotopic (exact) mass is 362 g/mol. The third kappa shape index (κ3) is 5.04. The van der Waals surface area contributed by atoms with Crippen molar-refractivity contribution in [2.45, 2.75) is 24.8 Å². The lowest BCUT2D eigenvalue weighted by atomic mass is 10.0. The normalized spacial score (nSPS) is 12.6. The van der Waals surface area contributed by atoms with Crippen LogP contribution in [0.25, 0.3) is 0 Å². The van der Waals surface area contributed by atoms with Crippen LogP contribution in [0.3, 0.4) is 0 Å². The number of nitrogens with one attached hydrogen (secondary N) is 2. The zero-order chi connectivity index (χ0) is 18.4. The van der Waals surface area contributed by atoms with Gasteiger partial charge < -0.3 is 10.1 Å². The molecule has 2 aromatic rings. The molecule has 2 rings (SSSR count). The molecule has 1 amide bonds. The summed E-state index contributed by atoms with van der Waals surface area (Å²) in [5.74, 6) is 0.0274. The van der Waals surface area contributed by atoms with Crippen molar-refractivity contribution in [1.29, 1.82) is 0 Å². The number of carbonyl (C=O) groups excluding carboxylic acids is 1. The lowest BCUT2D eigenvalue weighted by molar-refractivity contribution is -0.118. The second-order valence-electron chi connectivity index (χ2n) is 5.87. The molecular formula is C18H22N2O4S. The zero-order valence-electron chi connectivity index (χ0n) is 14.4. The van der Waals surface area contributed by atoms with Crippen molar-refractivity contribution in [1.82, 2.24) is 4.72 Å². The van der Waals surface area contributed by atoms with Crippen molar-refractivity contribution in [2.75, 3.05) is 12.4 Å². The molecule has 6 nitrogen and oxygen atoms in total. The fourth-order valence-corrected chi connectivity index (χ4v) is 3.59. The summed E-state index contributed by atoms with van der Waals surface area (Å²) in [7, 11) is -2.23. The Hall–Kier alpha value is -2.38. The number of anilines is 1. The van der Waals surface area contributed by atoms with Crippen LogP contribution in [0.4, 0.5) is 5.69 Å². The van der Waals surface area contributed by atoms with Crippen LogP contribution in [0.1, 0.15) is 13.8 Å². The summed E-state index contributed by atoms with van der Waals surface area (Å²) in [6, 6.07) is 13.9. The van der Waals surface area contributed by atoms with Gasteiger partial charge in [-0.1, -0.05) is 32.0 Å². The molecule has 0 bridgehead atoms. The molecule has 0 fully saturated rings. The second kappa shape index (κ2) is 8.13. The van der Waals surface area contributed by atoms with E-state index in [0.717, 1.165) is 0 Å². The van der Waals surface area contributed by atoms with Crippen LogP contribution < -0.4 is 14.8 Å². The van der Waals surface area contributed by atoms with Gasteiger partial charge in [-0.05, 0) is 42.3 Å². The third-order valence-corrected chi connectivity index (χ3v) is 5.10. The number of hydrogen-bond acceptors (Lipinski definition) is 4. The molecule has 25 heavy (non-hydrogen) atoms. The summed E-state index contributed by atoms with van der Waals surface area (Å²) in [5, 5.41) is 2.73. The molecule has 0 saturated heterocycles. The molecule has 2 N–H and O–H groups in total. The number of benzene rings is 2. The van der Waals surface area contributed by atoms with Crippen molar-refractivity contribution in [3.63, 3.8) is 0 Å². The lowest BCUT2D eigenvalue weighted by Gasteiger charge is -2.21. The van der Waals surface area contributed by atoms with Gasteiger partial charge in [0.05, 0.1) is 12.0 Å². The van der Waals surface area contributed by atoms with E-state index >= 15 is 0 Å². The Bertz CT molecular complexity index is 803. The fourth-order valence-electron chi connectivity index (χ4n) is 2.22. The minimum Gasteiger partial charge on any atom is -0.497 e. The highest BCUT2D eigenvalue weighted by atomic mass is 32.2. The third-order valence-electron chi connectivity index (χ3n) is 3.64. The maximum absolute atomic E-state index is 12.5. The van der Waals surface area contributed by atoms with E-state index in [1.54, 1.807) is 63.4 Å². The lowest BCUT2D eigenvalue weighted by Crippen LogP contribution is -2.47. The Morgan fingerprint density at radius 3 is 2.12 bits per heavy atom. The van der Waals surface area contributed by atoms with Crippen molar-refractivity contribution in [3.05, 3.63) is 54.6 Å². The van der Waals surface area contributed by atoms with Gasteiger partial charge in [0.15, 0.2) is 0 Å². The molecular weight excluding hydrogens is 340 g/mol. The molecule has 0 aliphatic heterocycles. The molecule has 0 aliphatic rings. The molecule has 0 unspecified atom stereocenters. The number of sulfonamides is 1. The van der Waals surface area contributed by atoms with E-state index in [-0.39, 0.29) is 10.8 Å². The first-order chi connectivity index (χ1) is 11.8. The molecule has 134 valence electrons. The van der Waals surface area contributed by atoms with E-state index in [2.05, 4.69) is 10.0 Å². The van der Waals surface area contributed by atoms with Gasteiger partial charge >= 0.3 is 0 Å². The predicted molar refractivity (Wildman–Crippen MR) is 97.0 cm³/mol. The summed E-state index contributed by atoms with van der Waals surface area (Å²) in [5.41, 5.74) is 0.565. The molecule has 1 atom stereocenters. The van der Waals surface area contributed by atoms with Gasteiger partial charge in [0, 0.05) is 5.69 Å². The van der Waals surface area contributed by atoms with E-state index in [9.17, 15) is 13.2 Å². The summed E-state index contributed by atoms with van der Waals surface area (Å²) >= 11 is 0. The van der Waals surface area contributed by atoms with Crippen LogP contribution in [0.15, 0.2) is 59.5 Å². The van der Waals surface area contributed by atoms with E-state index < -0.39 is 22.0 Å². The van der Waals surface area contributed by atoms with Gasteiger partial charge in [0.1, 0.15) is 11.8 Å². The molecule has 7 heteroatoms. The minimum absolute atomic E-state index is 0.123. The van der Waals surface area contributed by atoms with Crippen LogP contribution in [-0.4, -0.2) is 27.5 Å². The van der Waals surface area contributed by atoms with Crippen molar-refractivity contribution < 1.29 is 17.9 Å². The Kier molecular flexibility index (Phi) is 6.17. The van der Waals surface area contributed by atoms with E-state index in [1.807, 2.05) is 0 Å². The van der Waals surface area contributed by atoms with Gasteiger partial charge in [0.25, 0.3) is 0 Å². The molecule has 0 aliphatic carbocycles. The largest absolute Gasteiger partial charge is 0.497 e. The Morgan fingerprint density at radius 1 is 1.00 bits per heavy atom. The highest BCUT2D eigenvalue weighted by Gasteiger charge is 2.28. The first-order valence-corrected chi connectivity index (χ1v) is 9.34. The summed E-state index contributed by atoms with van der Waals surface area (Å²) < 4.78 is 32.5. The minimum atomic E-state index is -3.78. The van der Waals surface area contributed by atoms with Gasteiger partial charge in [-0.25, -0.2) is 8.42 Å². The van der Waals surface area contributed by atoms with Gasteiger partial charge in [-0.3, -0.25) is 4.79 Å². The van der Waals surface area contributed by atoms with Gasteiger partial charge in [-0.2, -0.15) is 4.72 Å². The van der Waals surface area contributed by atoms with Gasteiger partial charge in [-0.15, -0.1) is 0 Å². The smallest absolute Gasteiger partial charge is 0.242 e. The SMILES string of the molecule is COc1ccc(NC(=O)[C@H](NS(=O)(=O)c2ccccc2)C(C)C)cc1. The quantitative estimate of drug-likeness (QED) is 0.793. The predicted octanol–water partition coefficient (Wildman–Crippen LogP) is 2.64. The van der Waals surface area contributed by atoms with Crippen LogP contribution in [-0.2, 0) is 14.8 Å². The molecule has 0 spiro atoms. The number of ether oxygens (including phenoxy) is 1. The van der Waals surface area contributed by atoms with E-state index in [4.69, 9.17) is 4.74 Å². The van der Waals surface area contributed by atoms with Crippen LogP contribution in [0.5, 0.6) is 5.75 Å². The molecule has 0 aromatic heterocycles. The zero-order valence-corrected chi connectivity index (χ0v) is 15.2. The second-order valence-corrected chi connectivity index (χ2v) is 7.59. The van der Waals surface area contributed by atoms with Crippen molar-refractivity contribution >= 4 is 21.6 Å². The first-order valence-electron chi connectivity index (χ1n) is 7.86. The number of amides is 1. The molecule has 0 saturated carbocycles. The van der Waals surface area contributed by atoms with Crippen LogP contribution in [0, 0.1) is 5.92 Å². The van der Waals surface area contributed by atoms with Crippen LogP contribution >= 0.6 is 0 Å². The summed E-state index contributed by atoms with van der Waals surface area (Å²) in [4.78, 5) is 12.7. The standard InChI is InChI=1S/C18H22N2O4S/c1-13(2)17(20-25(22,23)16-7-5-4-6-8-16)18(21)19-14-9-11-15(24-3)12-10-14/h4-13,17,20H,1-3H3,(H,19,21)/t17-/m1/s1. The van der Waals surface area contributed by atoms with E-state index in [1.165, 1.54) is 12.1 Å². The number of hydrogen-bond donors (Lipinski definition) is 2. The summed E-state index contributed by atoms with van der Waals surface area (Å²) in [6.07, 6.45) is 0. The highest BCUT2D eigenvalue weighted by molar-refractivity contribution is 7.89. The number of rotatable bonds is 7. The topological polar surface area (TPSA) is 84.5 Å². The molecule has 0 heterocycles. The van der Waals surface area contributed by atoms with E-state index in [0.29, 0.717) is 11.4 Å². The van der Waals surface area contributed by atoms with Crippen molar-refractivity contribution in [2.24, 2.45) is 5.92 Å². The average Bonchev–Trinajstić information content (AvgIpc) is 2.61. The average molecular weight is 362 g/mol. The maximum atomic E-state index is 12.5. The summed E-state index contributed by atoms with van der Waals surface area (Å²) in [6.45, 7) is 3.57. The molecule has 2 aromatic carbocycles. The van der Waals surface area contributed by atoms with Crippen LogP contribution in [0.2, 0.25) is 0 Å². The first kappa shape index (κ1) is 19.0. The van der Waals surface area contributed by atoms with Gasteiger partial charge in [0.2, 0.25) is 15.9 Å². The maximum Gasteiger partial charge on any atom is 0.242 e. The number of methoxy groups -OCH3 is 1. The van der Waals surface area contributed by atoms with Crippen molar-refractivity contribution in [3.8, 4) is 5.75 Å². The fraction of sp³-hybridized carbons (Fsp3) is 0.278. The Morgan fingerprint density at radius 2 is 1.60 bits per heavy atom. The highest BCUT2D eigenvalue weighted by Crippen LogP contribution is 2.17. The Labute approximate surface area is 148 Å². The number of carbonyl (C=O) groups is 1. The Balaban J connectivity index is 2.15.